The highest BCUT2D eigenvalue weighted by Gasteiger charge is 2.19. The van der Waals surface area contributed by atoms with Gasteiger partial charge in [-0.15, -0.1) is 0 Å². The maximum Gasteiger partial charge on any atom is 0.305 e. The van der Waals surface area contributed by atoms with Gasteiger partial charge >= 0.3 is 5.97 Å². The lowest BCUT2D eigenvalue weighted by Gasteiger charge is -2.05. The maximum atomic E-state index is 13.1. The Labute approximate surface area is 172 Å². The van der Waals surface area contributed by atoms with Gasteiger partial charge in [-0.2, -0.15) is 0 Å². The number of non-ortho nitro benzene ring substituents is 1. The van der Waals surface area contributed by atoms with Crippen LogP contribution < -0.4 is 0 Å². The largest absolute Gasteiger partial charge is 0.466 e. The zero-order chi connectivity index (χ0) is 21.0. The van der Waals surface area contributed by atoms with E-state index < -0.39 is 4.92 Å². The molecular weight excluding hydrogens is 396 g/mol. The molecule has 3 rings (SSSR count). The highest BCUT2D eigenvalue weighted by molar-refractivity contribution is 6.31. The standard InChI is InChI=1S/C21H19ClN2O5/c1-2-29-20(25)7-4-10-23-13-18(17-12-15(22)8-9-19(17)23)21(26)14-5-3-6-16(11-14)24(27)28/h3,5-6,8-9,11-13H,2,4,7,10H2,1H3. The molecule has 7 nitrogen and oxygen atoms in total. The highest BCUT2D eigenvalue weighted by atomic mass is 35.5. The summed E-state index contributed by atoms with van der Waals surface area (Å²) in [7, 11) is 0. The number of nitro benzene ring substituents is 1. The van der Waals surface area contributed by atoms with Crippen molar-refractivity contribution in [1.29, 1.82) is 0 Å². The van der Waals surface area contributed by atoms with Crippen LogP contribution in [0.1, 0.15) is 35.7 Å². The lowest BCUT2D eigenvalue weighted by atomic mass is 10.0. The molecule has 150 valence electrons. The predicted octanol–water partition coefficient (Wildman–Crippen LogP) is 4.78. The van der Waals surface area contributed by atoms with Gasteiger partial charge in [-0.3, -0.25) is 19.7 Å². The van der Waals surface area contributed by atoms with Crippen molar-refractivity contribution in [1.82, 2.24) is 4.57 Å². The van der Waals surface area contributed by atoms with E-state index in [0.29, 0.717) is 35.5 Å². The average molecular weight is 415 g/mol. The Morgan fingerprint density at radius 3 is 2.72 bits per heavy atom. The van der Waals surface area contributed by atoms with Crippen LogP contribution in [0.4, 0.5) is 5.69 Å². The molecule has 0 aliphatic carbocycles. The molecule has 0 fully saturated rings. The third-order valence-corrected chi connectivity index (χ3v) is 4.73. The third kappa shape index (κ3) is 4.63. The van der Waals surface area contributed by atoms with Crippen molar-refractivity contribution in [3.8, 4) is 0 Å². The minimum atomic E-state index is -0.535. The van der Waals surface area contributed by atoms with Gasteiger partial charge in [-0.05, 0) is 31.5 Å². The zero-order valence-corrected chi connectivity index (χ0v) is 16.5. The van der Waals surface area contributed by atoms with Crippen molar-refractivity contribution in [3.05, 3.63) is 74.9 Å². The summed E-state index contributed by atoms with van der Waals surface area (Å²) in [5.74, 6) is -0.593. The van der Waals surface area contributed by atoms with Crippen LogP contribution in [0.15, 0.2) is 48.7 Å². The molecular formula is C21H19ClN2O5. The van der Waals surface area contributed by atoms with Crippen molar-refractivity contribution in [3.63, 3.8) is 0 Å². The van der Waals surface area contributed by atoms with Crippen molar-refractivity contribution >= 4 is 39.9 Å². The molecule has 0 atom stereocenters. The first-order valence-corrected chi connectivity index (χ1v) is 9.51. The van der Waals surface area contributed by atoms with Gasteiger partial charge in [-0.1, -0.05) is 23.7 Å². The van der Waals surface area contributed by atoms with E-state index in [1.807, 2.05) is 10.6 Å². The van der Waals surface area contributed by atoms with Crippen LogP contribution in [0, 0.1) is 10.1 Å². The van der Waals surface area contributed by atoms with Crippen LogP contribution in [0.25, 0.3) is 10.9 Å². The topological polar surface area (TPSA) is 91.4 Å². The van der Waals surface area contributed by atoms with Gasteiger partial charge in [0.15, 0.2) is 5.78 Å². The van der Waals surface area contributed by atoms with Crippen molar-refractivity contribution in [2.24, 2.45) is 0 Å². The first-order valence-electron chi connectivity index (χ1n) is 9.14. The quantitative estimate of drug-likeness (QED) is 0.229. The van der Waals surface area contributed by atoms with Gasteiger partial charge in [-0.25, -0.2) is 0 Å². The fraction of sp³-hybridized carbons (Fsp3) is 0.238. The van der Waals surface area contributed by atoms with Crippen LogP contribution in [-0.4, -0.2) is 27.8 Å². The number of fused-ring (bicyclic) bond motifs is 1. The molecule has 0 N–H and O–H groups in total. The number of nitro groups is 1. The van der Waals surface area contributed by atoms with Gasteiger partial charge in [0, 0.05) is 58.3 Å². The molecule has 8 heteroatoms. The summed E-state index contributed by atoms with van der Waals surface area (Å²) in [6, 6.07) is 10.9. The van der Waals surface area contributed by atoms with Crippen molar-refractivity contribution in [2.45, 2.75) is 26.3 Å². The molecule has 1 heterocycles. The maximum absolute atomic E-state index is 13.1. The SMILES string of the molecule is CCOC(=O)CCCn1cc(C(=O)c2cccc([N+](=O)[O-])c2)c2cc(Cl)ccc21. The normalized spacial score (nSPS) is 10.8. The zero-order valence-electron chi connectivity index (χ0n) is 15.8. The van der Waals surface area contributed by atoms with Gasteiger partial charge in [0.2, 0.25) is 0 Å². The Bertz CT molecular complexity index is 1090. The monoisotopic (exact) mass is 414 g/mol. The summed E-state index contributed by atoms with van der Waals surface area (Å²) in [6.07, 6.45) is 2.53. The van der Waals surface area contributed by atoms with Crippen LogP contribution in [0.5, 0.6) is 0 Å². The molecule has 0 saturated carbocycles. The molecule has 2 aromatic carbocycles. The van der Waals surface area contributed by atoms with Gasteiger partial charge in [0.05, 0.1) is 11.5 Å². The Morgan fingerprint density at radius 1 is 1.21 bits per heavy atom. The molecule has 0 aliphatic rings. The number of halogens is 1. The Hall–Kier alpha value is -3.19. The second-order valence-corrected chi connectivity index (χ2v) is 6.88. The molecule has 0 spiro atoms. The molecule has 0 amide bonds. The Morgan fingerprint density at radius 2 is 2.00 bits per heavy atom. The first kappa shape index (κ1) is 20.5. The molecule has 0 bridgehead atoms. The molecule has 0 unspecified atom stereocenters. The molecule has 29 heavy (non-hydrogen) atoms. The minimum absolute atomic E-state index is 0.146. The lowest BCUT2D eigenvalue weighted by molar-refractivity contribution is -0.384. The lowest BCUT2D eigenvalue weighted by Crippen LogP contribution is -2.06. The smallest absolute Gasteiger partial charge is 0.305 e. The summed E-state index contributed by atoms with van der Waals surface area (Å²) in [4.78, 5) is 35.1. The summed E-state index contributed by atoms with van der Waals surface area (Å²) in [5, 5.41) is 12.2. The summed E-state index contributed by atoms with van der Waals surface area (Å²) in [5.41, 5.74) is 1.28. The third-order valence-electron chi connectivity index (χ3n) is 4.49. The number of benzene rings is 2. The number of hydrogen-bond donors (Lipinski definition) is 0. The number of hydrogen-bond acceptors (Lipinski definition) is 5. The number of carbonyl (C=O) groups excluding carboxylic acids is 2. The number of esters is 1. The second kappa shape index (κ2) is 8.87. The highest BCUT2D eigenvalue weighted by Crippen LogP contribution is 2.28. The summed E-state index contributed by atoms with van der Waals surface area (Å²) >= 11 is 6.13. The number of aryl methyl sites for hydroxylation is 1. The number of carbonyl (C=O) groups is 2. The van der Waals surface area contributed by atoms with E-state index >= 15 is 0 Å². The van der Waals surface area contributed by atoms with Crippen molar-refractivity contribution in [2.75, 3.05) is 6.61 Å². The van der Waals surface area contributed by atoms with Crippen LogP contribution >= 0.6 is 11.6 Å². The number of rotatable bonds is 8. The minimum Gasteiger partial charge on any atom is -0.466 e. The number of ether oxygens (including phenoxy) is 1. The van der Waals surface area contributed by atoms with E-state index in [9.17, 15) is 19.7 Å². The number of aromatic nitrogens is 1. The second-order valence-electron chi connectivity index (χ2n) is 6.44. The first-order chi connectivity index (χ1) is 13.9. The Balaban J connectivity index is 1.94. The molecule has 0 saturated heterocycles. The Kier molecular flexibility index (Phi) is 6.29. The van der Waals surface area contributed by atoms with Crippen LogP contribution in [-0.2, 0) is 16.1 Å². The predicted molar refractivity (Wildman–Crippen MR) is 109 cm³/mol. The summed E-state index contributed by atoms with van der Waals surface area (Å²) < 4.78 is 6.82. The summed E-state index contributed by atoms with van der Waals surface area (Å²) in [6.45, 7) is 2.61. The number of ketones is 1. The van der Waals surface area contributed by atoms with Gasteiger partial charge in [0.1, 0.15) is 0 Å². The molecule has 1 aromatic heterocycles. The van der Waals surface area contributed by atoms with Gasteiger partial charge < -0.3 is 9.30 Å². The van der Waals surface area contributed by atoms with Crippen molar-refractivity contribution < 1.29 is 19.2 Å². The van der Waals surface area contributed by atoms with E-state index in [4.69, 9.17) is 16.3 Å². The fourth-order valence-corrected chi connectivity index (χ4v) is 3.35. The van der Waals surface area contributed by atoms with Crippen LogP contribution in [0.2, 0.25) is 5.02 Å². The van der Waals surface area contributed by atoms with E-state index in [-0.39, 0.29) is 29.4 Å². The van der Waals surface area contributed by atoms with E-state index in [1.54, 1.807) is 31.3 Å². The molecule has 0 aliphatic heterocycles. The molecule has 3 aromatic rings. The van der Waals surface area contributed by atoms with Crippen LogP contribution in [0.3, 0.4) is 0 Å². The van der Waals surface area contributed by atoms with E-state index in [1.165, 1.54) is 18.2 Å². The molecule has 0 radical (unpaired) electrons. The number of nitrogens with zero attached hydrogens (tertiary/aromatic N) is 2. The van der Waals surface area contributed by atoms with E-state index in [2.05, 4.69) is 0 Å². The average Bonchev–Trinajstić information content (AvgIpc) is 3.05. The fourth-order valence-electron chi connectivity index (χ4n) is 3.18. The van der Waals surface area contributed by atoms with E-state index in [0.717, 1.165) is 5.52 Å². The van der Waals surface area contributed by atoms with Gasteiger partial charge in [0.25, 0.3) is 5.69 Å².